The van der Waals surface area contributed by atoms with E-state index in [1.807, 2.05) is 19.1 Å². The van der Waals surface area contributed by atoms with E-state index in [0.717, 1.165) is 5.56 Å². The van der Waals surface area contributed by atoms with Crippen molar-refractivity contribution < 1.29 is 9.18 Å². The zero-order valence-electron chi connectivity index (χ0n) is 11.8. The van der Waals surface area contributed by atoms with Crippen LogP contribution in [-0.2, 0) is 0 Å². The van der Waals surface area contributed by atoms with Gasteiger partial charge in [0.15, 0.2) is 5.82 Å². The van der Waals surface area contributed by atoms with Crippen LogP contribution in [0.4, 0.5) is 10.3 Å². The van der Waals surface area contributed by atoms with Crippen molar-refractivity contribution in [2.24, 2.45) is 0 Å². The zero-order valence-corrected chi connectivity index (χ0v) is 11.8. The Hall–Kier alpha value is -3.02. The number of hydrogen-bond donors (Lipinski definition) is 2. The molecule has 22 heavy (non-hydrogen) atoms. The van der Waals surface area contributed by atoms with Crippen molar-refractivity contribution in [3.05, 3.63) is 65.5 Å². The topological polar surface area (TPSA) is 70.7 Å². The average molecular weight is 296 g/mol. The Bertz CT molecular complexity index is 794. The fourth-order valence-corrected chi connectivity index (χ4v) is 1.93. The molecule has 0 aliphatic carbocycles. The maximum absolute atomic E-state index is 12.9. The number of rotatable bonds is 3. The molecular formula is C16H13FN4O. The van der Waals surface area contributed by atoms with Crippen LogP contribution in [-0.4, -0.2) is 21.1 Å². The summed E-state index contributed by atoms with van der Waals surface area (Å²) in [6.07, 6.45) is 0. The van der Waals surface area contributed by atoms with Crippen LogP contribution < -0.4 is 5.32 Å². The minimum atomic E-state index is -0.323. The highest BCUT2D eigenvalue weighted by atomic mass is 19.1. The number of amides is 1. The number of benzene rings is 2. The van der Waals surface area contributed by atoms with E-state index in [-0.39, 0.29) is 17.7 Å². The zero-order chi connectivity index (χ0) is 15.5. The Morgan fingerprint density at radius 3 is 2.45 bits per heavy atom. The van der Waals surface area contributed by atoms with Crippen LogP contribution in [0.5, 0.6) is 0 Å². The van der Waals surface area contributed by atoms with Crippen molar-refractivity contribution in [1.82, 2.24) is 15.2 Å². The van der Waals surface area contributed by atoms with Crippen LogP contribution >= 0.6 is 0 Å². The van der Waals surface area contributed by atoms with Crippen LogP contribution in [0.25, 0.3) is 11.4 Å². The summed E-state index contributed by atoms with van der Waals surface area (Å²) in [6, 6.07) is 13.0. The number of aromatic amines is 1. The number of carbonyl (C=O) groups is 1. The van der Waals surface area contributed by atoms with Gasteiger partial charge >= 0.3 is 0 Å². The number of nitrogens with one attached hydrogen (secondary N) is 2. The van der Waals surface area contributed by atoms with E-state index in [1.165, 1.54) is 12.1 Å². The summed E-state index contributed by atoms with van der Waals surface area (Å²) in [5, 5.41) is 9.26. The maximum Gasteiger partial charge on any atom is 0.258 e. The Labute approximate surface area is 126 Å². The normalized spacial score (nSPS) is 10.5. The van der Waals surface area contributed by atoms with Crippen molar-refractivity contribution in [2.45, 2.75) is 6.92 Å². The number of halogens is 1. The Kier molecular flexibility index (Phi) is 3.65. The van der Waals surface area contributed by atoms with Crippen molar-refractivity contribution in [3.63, 3.8) is 0 Å². The SMILES string of the molecule is Cc1ccc(C(=O)Nc2n[nH]c(-c3ccc(F)cc3)n2)cc1. The van der Waals surface area contributed by atoms with Gasteiger partial charge in [-0.2, -0.15) is 4.98 Å². The maximum atomic E-state index is 12.9. The fraction of sp³-hybridized carbons (Fsp3) is 0.0625. The number of aryl methyl sites for hydroxylation is 1. The van der Waals surface area contributed by atoms with Gasteiger partial charge in [-0.3, -0.25) is 15.2 Å². The molecule has 2 N–H and O–H groups in total. The molecule has 0 saturated carbocycles. The van der Waals surface area contributed by atoms with E-state index in [2.05, 4.69) is 20.5 Å². The summed E-state index contributed by atoms with van der Waals surface area (Å²) in [7, 11) is 0. The van der Waals surface area contributed by atoms with Crippen LogP contribution in [0, 0.1) is 12.7 Å². The molecule has 1 amide bonds. The van der Waals surface area contributed by atoms with Gasteiger partial charge in [0.05, 0.1) is 0 Å². The summed E-state index contributed by atoms with van der Waals surface area (Å²) >= 11 is 0. The van der Waals surface area contributed by atoms with Crippen molar-refractivity contribution >= 4 is 11.9 Å². The van der Waals surface area contributed by atoms with Gasteiger partial charge in [0.25, 0.3) is 5.91 Å². The third-order valence-corrected chi connectivity index (χ3v) is 3.14. The number of aromatic nitrogens is 3. The lowest BCUT2D eigenvalue weighted by molar-refractivity contribution is 0.102. The van der Waals surface area contributed by atoms with Gasteiger partial charge in [0, 0.05) is 11.1 Å². The molecule has 1 heterocycles. The second-order valence-corrected chi connectivity index (χ2v) is 4.83. The van der Waals surface area contributed by atoms with Gasteiger partial charge in [-0.15, -0.1) is 5.10 Å². The Balaban J connectivity index is 1.75. The lowest BCUT2D eigenvalue weighted by atomic mass is 10.1. The van der Waals surface area contributed by atoms with E-state index in [9.17, 15) is 9.18 Å². The van der Waals surface area contributed by atoms with E-state index in [1.54, 1.807) is 24.3 Å². The van der Waals surface area contributed by atoms with Gasteiger partial charge in [-0.1, -0.05) is 17.7 Å². The van der Waals surface area contributed by atoms with Crippen molar-refractivity contribution in [2.75, 3.05) is 5.32 Å². The van der Waals surface area contributed by atoms with Gasteiger partial charge in [-0.25, -0.2) is 4.39 Å². The second-order valence-electron chi connectivity index (χ2n) is 4.83. The molecule has 3 rings (SSSR count). The first-order valence-electron chi connectivity index (χ1n) is 6.68. The van der Waals surface area contributed by atoms with Crippen LogP contribution in [0.1, 0.15) is 15.9 Å². The smallest absolute Gasteiger partial charge is 0.258 e. The number of anilines is 1. The number of H-pyrrole nitrogens is 1. The standard InChI is InChI=1S/C16H13FN4O/c1-10-2-4-12(5-3-10)15(22)19-16-18-14(20-21-16)11-6-8-13(17)9-7-11/h2-9H,1H3,(H2,18,19,20,21,22). The molecule has 0 atom stereocenters. The van der Waals surface area contributed by atoms with Gasteiger partial charge in [-0.05, 0) is 43.3 Å². The predicted molar refractivity (Wildman–Crippen MR) is 80.9 cm³/mol. The molecule has 0 aliphatic rings. The average Bonchev–Trinajstić information content (AvgIpc) is 2.97. The molecule has 0 saturated heterocycles. The first kappa shape index (κ1) is 13.9. The number of hydrogen-bond acceptors (Lipinski definition) is 3. The molecule has 0 fully saturated rings. The minimum Gasteiger partial charge on any atom is -0.289 e. The first-order valence-corrected chi connectivity index (χ1v) is 6.68. The highest BCUT2D eigenvalue weighted by Crippen LogP contribution is 2.16. The second kappa shape index (κ2) is 5.77. The monoisotopic (exact) mass is 296 g/mol. The van der Waals surface area contributed by atoms with E-state index in [0.29, 0.717) is 17.0 Å². The molecule has 0 radical (unpaired) electrons. The first-order chi connectivity index (χ1) is 10.6. The molecule has 1 aromatic heterocycles. The number of nitrogens with zero attached hydrogens (tertiary/aromatic N) is 2. The van der Waals surface area contributed by atoms with Crippen LogP contribution in [0.15, 0.2) is 48.5 Å². The Morgan fingerprint density at radius 2 is 1.77 bits per heavy atom. The summed E-state index contributed by atoms with van der Waals surface area (Å²) < 4.78 is 12.9. The molecule has 2 aromatic carbocycles. The third-order valence-electron chi connectivity index (χ3n) is 3.14. The van der Waals surface area contributed by atoms with Crippen molar-refractivity contribution in [3.8, 4) is 11.4 Å². The predicted octanol–water partition coefficient (Wildman–Crippen LogP) is 3.17. The molecule has 110 valence electrons. The lowest BCUT2D eigenvalue weighted by Gasteiger charge is -2.01. The third kappa shape index (κ3) is 3.01. The molecule has 0 bridgehead atoms. The summed E-state index contributed by atoms with van der Waals surface area (Å²) in [5.41, 5.74) is 2.29. The van der Waals surface area contributed by atoms with E-state index < -0.39 is 0 Å². The summed E-state index contributed by atoms with van der Waals surface area (Å²) in [6.45, 7) is 1.95. The molecule has 0 unspecified atom stereocenters. The molecule has 5 nitrogen and oxygen atoms in total. The van der Waals surface area contributed by atoms with Gasteiger partial charge in [0.2, 0.25) is 5.95 Å². The van der Waals surface area contributed by atoms with Crippen LogP contribution in [0.3, 0.4) is 0 Å². The van der Waals surface area contributed by atoms with Crippen molar-refractivity contribution in [1.29, 1.82) is 0 Å². The highest BCUT2D eigenvalue weighted by molar-refractivity contribution is 6.03. The quantitative estimate of drug-likeness (QED) is 0.780. The molecule has 0 aliphatic heterocycles. The summed E-state index contributed by atoms with van der Waals surface area (Å²) in [4.78, 5) is 16.2. The minimum absolute atomic E-state index is 0.171. The molecule has 0 spiro atoms. The molecular weight excluding hydrogens is 283 g/mol. The fourth-order valence-electron chi connectivity index (χ4n) is 1.93. The molecule has 6 heteroatoms. The number of carbonyl (C=O) groups excluding carboxylic acids is 1. The Morgan fingerprint density at radius 1 is 1.09 bits per heavy atom. The van der Waals surface area contributed by atoms with Crippen LogP contribution in [0.2, 0.25) is 0 Å². The van der Waals surface area contributed by atoms with E-state index in [4.69, 9.17) is 0 Å². The van der Waals surface area contributed by atoms with E-state index >= 15 is 0 Å². The van der Waals surface area contributed by atoms with Gasteiger partial charge < -0.3 is 0 Å². The largest absolute Gasteiger partial charge is 0.289 e. The highest BCUT2D eigenvalue weighted by Gasteiger charge is 2.10. The van der Waals surface area contributed by atoms with Gasteiger partial charge in [0.1, 0.15) is 5.82 Å². The molecule has 3 aromatic rings. The summed E-state index contributed by atoms with van der Waals surface area (Å²) in [5.74, 6) is 0.0184. The lowest BCUT2D eigenvalue weighted by Crippen LogP contribution is -2.12.